The Hall–Kier alpha value is -2.48. The fourth-order valence-electron chi connectivity index (χ4n) is 2.38. The predicted octanol–water partition coefficient (Wildman–Crippen LogP) is 4.22. The van der Waals surface area contributed by atoms with E-state index in [2.05, 4.69) is 20.8 Å². The van der Waals surface area contributed by atoms with Crippen molar-refractivity contribution >= 4 is 51.5 Å². The number of thiocarbonyl (C=S) groups is 2. The van der Waals surface area contributed by atoms with Crippen molar-refractivity contribution in [2.75, 3.05) is 11.9 Å². The number of hydrazone groups is 1. The Morgan fingerprint density at radius 3 is 2.17 bits per heavy atom. The first-order valence-corrected chi connectivity index (χ1v) is 10.1. The molecule has 0 aromatic heterocycles. The van der Waals surface area contributed by atoms with Gasteiger partial charge in [0.25, 0.3) is 0 Å². The second-order valence-electron chi connectivity index (χ2n) is 6.72. The number of hydrogen-bond donors (Lipinski definition) is 3. The van der Waals surface area contributed by atoms with Crippen LogP contribution in [0.15, 0.2) is 58.6 Å². The third-order valence-corrected chi connectivity index (χ3v) is 4.72. The zero-order chi connectivity index (χ0) is 21.2. The summed E-state index contributed by atoms with van der Waals surface area (Å²) in [6.45, 7) is 6.31. The van der Waals surface area contributed by atoms with Gasteiger partial charge >= 0.3 is 0 Å². The number of aryl methyl sites for hydroxylation is 1. The first-order valence-electron chi connectivity index (χ1n) is 9.27. The van der Waals surface area contributed by atoms with Crippen molar-refractivity contribution < 1.29 is 5.11 Å². The number of aliphatic hydroxyl groups is 1. The summed E-state index contributed by atoms with van der Waals surface area (Å²) < 4.78 is 0. The van der Waals surface area contributed by atoms with Gasteiger partial charge in [-0.05, 0) is 56.2 Å². The third kappa shape index (κ3) is 8.19. The maximum Gasteiger partial charge on any atom is 0.191 e. The van der Waals surface area contributed by atoms with Crippen LogP contribution in [-0.2, 0) is 13.0 Å². The van der Waals surface area contributed by atoms with E-state index in [1.165, 1.54) is 5.56 Å². The van der Waals surface area contributed by atoms with Gasteiger partial charge in [-0.25, -0.2) is 0 Å². The van der Waals surface area contributed by atoms with Crippen molar-refractivity contribution in [2.45, 2.75) is 33.8 Å². The van der Waals surface area contributed by atoms with Crippen molar-refractivity contribution in [3.63, 3.8) is 0 Å². The van der Waals surface area contributed by atoms with E-state index in [9.17, 15) is 0 Å². The molecule has 2 aromatic rings. The highest BCUT2D eigenvalue weighted by Gasteiger charge is 2.03. The zero-order valence-electron chi connectivity index (χ0n) is 16.9. The van der Waals surface area contributed by atoms with Crippen LogP contribution >= 0.6 is 24.4 Å². The number of hydrogen-bond acceptors (Lipinski definition) is 5. The van der Waals surface area contributed by atoms with Crippen LogP contribution in [0.2, 0.25) is 0 Å². The molecule has 0 atom stereocenters. The lowest BCUT2D eigenvalue weighted by atomic mass is 10.1. The van der Waals surface area contributed by atoms with E-state index in [1.807, 2.05) is 69.3 Å². The van der Waals surface area contributed by atoms with E-state index < -0.39 is 0 Å². The Labute approximate surface area is 183 Å². The van der Waals surface area contributed by atoms with Crippen LogP contribution in [0.4, 0.5) is 5.69 Å². The second-order valence-corrected chi connectivity index (χ2v) is 7.71. The van der Waals surface area contributed by atoms with Crippen LogP contribution < -0.4 is 10.7 Å². The molecule has 0 aliphatic carbocycles. The van der Waals surface area contributed by atoms with Gasteiger partial charge in [-0.15, -0.1) is 0 Å². The molecule has 2 rings (SSSR count). The smallest absolute Gasteiger partial charge is 0.191 e. The van der Waals surface area contributed by atoms with Crippen LogP contribution in [0, 0.1) is 6.92 Å². The predicted molar refractivity (Wildman–Crippen MR) is 130 cm³/mol. The maximum atomic E-state index is 9.10. The molecular formula is C22H26N4OS2. The summed E-state index contributed by atoms with van der Waals surface area (Å²) in [5, 5.41) is 16.9. The summed E-state index contributed by atoms with van der Waals surface area (Å²) in [5.41, 5.74) is 8.48. The van der Waals surface area contributed by atoms with Crippen molar-refractivity contribution in [2.24, 2.45) is 10.1 Å². The lowest BCUT2D eigenvalue weighted by molar-refractivity contribution is 0.282. The van der Waals surface area contributed by atoms with E-state index >= 15 is 0 Å². The van der Waals surface area contributed by atoms with Gasteiger partial charge < -0.3 is 10.4 Å². The summed E-state index contributed by atoms with van der Waals surface area (Å²) in [6.07, 6.45) is 0.677. The van der Waals surface area contributed by atoms with E-state index in [0.717, 1.165) is 33.1 Å². The number of nitrogens with one attached hydrogen (secondary N) is 2. The largest absolute Gasteiger partial charge is 0.392 e. The molecule has 152 valence electrons. The van der Waals surface area contributed by atoms with Gasteiger partial charge in [0.1, 0.15) is 0 Å². The van der Waals surface area contributed by atoms with Gasteiger partial charge in [0.05, 0.1) is 24.6 Å². The molecule has 0 saturated carbocycles. The van der Waals surface area contributed by atoms with Gasteiger partial charge in [-0.2, -0.15) is 5.10 Å². The first kappa shape index (κ1) is 22.8. The molecule has 29 heavy (non-hydrogen) atoms. The molecular weight excluding hydrogens is 400 g/mol. The van der Waals surface area contributed by atoms with Crippen molar-refractivity contribution in [1.29, 1.82) is 0 Å². The van der Waals surface area contributed by atoms with Gasteiger partial charge in [0.15, 0.2) is 5.11 Å². The van der Waals surface area contributed by atoms with Crippen molar-refractivity contribution in [3.8, 4) is 0 Å². The maximum absolute atomic E-state index is 9.10. The number of rotatable bonds is 8. The lowest BCUT2D eigenvalue weighted by Crippen LogP contribution is -2.26. The Morgan fingerprint density at radius 2 is 1.55 bits per heavy atom. The minimum atomic E-state index is 0.0465. The van der Waals surface area contributed by atoms with Crippen molar-refractivity contribution in [1.82, 2.24) is 5.43 Å². The SMILES string of the molecule is CC(=NCC(=S)Cc1ccc(CO)cc1)/C(C)=N/NC(=S)Nc1ccc(C)cc1. The number of anilines is 1. The fourth-order valence-corrected chi connectivity index (χ4v) is 2.77. The van der Waals surface area contributed by atoms with E-state index in [1.54, 1.807) is 0 Å². The molecule has 0 fully saturated rings. The minimum Gasteiger partial charge on any atom is -0.392 e. The Morgan fingerprint density at radius 1 is 0.931 bits per heavy atom. The molecule has 3 N–H and O–H groups in total. The summed E-state index contributed by atoms with van der Waals surface area (Å²) in [4.78, 5) is 5.37. The molecule has 0 amide bonds. The molecule has 5 nitrogen and oxygen atoms in total. The number of nitrogens with zero attached hydrogens (tertiary/aromatic N) is 2. The topological polar surface area (TPSA) is 69.0 Å². The molecule has 0 bridgehead atoms. The highest BCUT2D eigenvalue weighted by molar-refractivity contribution is 7.80. The summed E-state index contributed by atoms with van der Waals surface area (Å²) in [6, 6.07) is 15.7. The molecule has 0 aliphatic heterocycles. The van der Waals surface area contributed by atoms with Crippen molar-refractivity contribution in [3.05, 3.63) is 65.2 Å². The Kier molecular flexibility index (Phi) is 9.05. The number of aliphatic hydroxyl groups excluding tert-OH is 1. The molecule has 0 aliphatic rings. The molecule has 2 aromatic carbocycles. The fraction of sp³-hybridized carbons (Fsp3) is 0.273. The highest BCUT2D eigenvalue weighted by Crippen LogP contribution is 2.08. The average Bonchev–Trinajstić information content (AvgIpc) is 2.72. The van der Waals surface area contributed by atoms with Crippen LogP contribution in [0.25, 0.3) is 0 Å². The average molecular weight is 427 g/mol. The van der Waals surface area contributed by atoms with E-state index in [-0.39, 0.29) is 6.61 Å². The lowest BCUT2D eigenvalue weighted by Gasteiger charge is -2.08. The van der Waals surface area contributed by atoms with Gasteiger partial charge in [0, 0.05) is 17.0 Å². The quantitative estimate of drug-likeness (QED) is 0.335. The van der Waals surface area contributed by atoms with Gasteiger partial charge in [0.2, 0.25) is 0 Å². The molecule has 0 spiro atoms. The molecule has 0 unspecified atom stereocenters. The Bertz CT molecular complexity index is 903. The summed E-state index contributed by atoms with van der Waals surface area (Å²) in [5.74, 6) is 0. The van der Waals surface area contributed by atoms with Crippen LogP contribution in [0.5, 0.6) is 0 Å². The highest BCUT2D eigenvalue weighted by atomic mass is 32.1. The molecule has 0 heterocycles. The zero-order valence-corrected chi connectivity index (χ0v) is 18.5. The third-order valence-electron chi connectivity index (χ3n) is 4.26. The number of aliphatic imine (C=N–C) groups is 1. The Balaban J connectivity index is 1.82. The van der Waals surface area contributed by atoms with E-state index in [0.29, 0.717) is 18.1 Å². The first-order chi connectivity index (χ1) is 13.9. The monoisotopic (exact) mass is 426 g/mol. The van der Waals surface area contributed by atoms with Gasteiger partial charge in [-0.1, -0.05) is 54.2 Å². The van der Waals surface area contributed by atoms with Gasteiger partial charge in [-0.3, -0.25) is 10.4 Å². The standard InChI is InChI=1S/C22H26N4OS2/c1-15-4-10-20(11-5-15)24-22(29)26-25-17(3)16(2)23-13-21(28)12-18-6-8-19(14-27)9-7-18/h4-11,27H,12-14H2,1-3H3,(H2,24,26,29)/b23-16?,25-17+. The van der Waals surface area contributed by atoms with Crippen LogP contribution in [0.1, 0.15) is 30.5 Å². The van der Waals surface area contributed by atoms with Crippen LogP contribution in [-0.4, -0.2) is 33.1 Å². The minimum absolute atomic E-state index is 0.0465. The summed E-state index contributed by atoms with van der Waals surface area (Å²) in [7, 11) is 0. The molecule has 7 heteroatoms. The van der Waals surface area contributed by atoms with E-state index in [4.69, 9.17) is 29.5 Å². The summed E-state index contributed by atoms with van der Waals surface area (Å²) >= 11 is 10.7. The molecule has 0 saturated heterocycles. The second kappa shape index (κ2) is 11.5. The number of benzene rings is 2. The molecule has 0 radical (unpaired) electrons. The normalized spacial score (nSPS) is 11.9. The van der Waals surface area contributed by atoms with Crippen LogP contribution in [0.3, 0.4) is 0 Å².